The summed E-state index contributed by atoms with van der Waals surface area (Å²) in [5, 5.41) is 20.1. The van der Waals surface area contributed by atoms with Crippen LogP contribution >= 0.6 is 0 Å². The van der Waals surface area contributed by atoms with Crippen molar-refractivity contribution < 1.29 is 14.8 Å². The van der Waals surface area contributed by atoms with E-state index in [9.17, 15) is 14.9 Å². The number of aromatic amines is 1. The number of carboxylic acid groups (broad SMARTS) is 1. The van der Waals surface area contributed by atoms with E-state index in [0.717, 1.165) is 0 Å². The Morgan fingerprint density at radius 2 is 2.19 bits per heavy atom. The molecule has 0 atom stereocenters. The van der Waals surface area contributed by atoms with E-state index in [-0.39, 0.29) is 11.4 Å². The number of nitrogens with zero attached hydrogens (tertiary/aromatic N) is 1. The van der Waals surface area contributed by atoms with Gasteiger partial charge >= 0.3 is 5.97 Å². The average Bonchev–Trinajstić information content (AvgIpc) is 2.55. The molecule has 0 amide bonds. The van der Waals surface area contributed by atoms with Gasteiger partial charge in [-0.25, -0.2) is 4.79 Å². The number of nitro benzene ring substituents is 1. The van der Waals surface area contributed by atoms with Gasteiger partial charge in [0.1, 0.15) is 5.69 Å². The van der Waals surface area contributed by atoms with Crippen molar-refractivity contribution in [1.29, 1.82) is 0 Å². The fourth-order valence-corrected chi connectivity index (χ4v) is 1.65. The second-order valence-corrected chi connectivity index (χ2v) is 3.42. The molecule has 6 heteroatoms. The number of aromatic carboxylic acids is 1. The molecule has 0 fully saturated rings. The molecule has 0 aliphatic heterocycles. The standard InChI is InChI=1S/C10H8N2O4/c1-5-7-3-2-6(12(15)16)4-8(7)11-9(5)10(13)14/h2-4,11H,1H3,(H,13,14). The molecule has 0 spiro atoms. The summed E-state index contributed by atoms with van der Waals surface area (Å²) < 4.78 is 0. The van der Waals surface area contributed by atoms with Crippen LogP contribution in [0.15, 0.2) is 18.2 Å². The lowest BCUT2D eigenvalue weighted by Gasteiger charge is -1.92. The van der Waals surface area contributed by atoms with Crippen LogP contribution in [0.5, 0.6) is 0 Å². The molecule has 16 heavy (non-hydrogen) atoms. The summed E-state index contributed by atoms with van der Waals surface area (Å²) in [6.45, 7) is 1.66. The molecule has 2 aromatic rings. The number of nitrogens with one attached hydrogen (secondary N) is 1. The Bertz CT molecular complexity index is 600. The first-order valence-electron chi connectivity index (χ1n) is 4.50. The number of non-ortho nitro benzene ring substituents is 1. The van der Waals surface area contributed by atoms with Crippen LogP contribution in [0.4, 0.5) is 5.69 Å². The largest absolute Gasteiger partial charge is 0.477 e. The van der Waals surface area contributed by atoms with Gasteiger partial charge in [-0.3, -0.25) is 10.1 Å². The molecular weight excluding hydrogens is 212 g/mol. The number of H-pyrrole nitrogens is 1. The fraction of sp³-hybridized carbons (Fsp3) is 0.100. The second-order valence-electron chi connectivity index (χ2n) is 3.42. The van der Waals surface area contributed by atoms with Crippen molar-refractivity contribution in [2.75, 3.05) is 0 Å². The van der Waals surface area contributed by atoms with Crippen LogP contribution in [0.3, 0.4) is 0 Å². The van der Waals surface area contributed by atoms with Gasteiger partial charge in [0.25, 0.3) is 5.69 Å². The van der Waals surface area contributed by atoms with Crippen molar-refractivity contribution in [2.24, 2.45) is 0 Å². The van der Waals surface area contributed by atoms with E-state index in [1.54, 1.807) is 13.0 Å². The van der Waals surface area contributed by atoms with Crippen molar-refractivity contribution >= 4 is 22.6 Å². The number of hydrogen-bond donors (Lipinski definition) is 2. The Morgan fingerprint density at radius 1 is 1.50 bits per heavy atom. The van der Waals surface area contributed by atoms with Gasteiger partial charge in [-0.15, -0.1) is 0 Å². The highest BCUT2D eigenvalue weighted by molar-refractivity contribution is 5.97. The molecule has 1 aromatic heterocycles. The van der Waals surface area contributed by atoms with E-state index in [1.165, 1.54) is 12.1 Å². The number of aromatic nitrogens is 1. The van der Waals surface area contributed by atoms with Gasteiger partial charge in [0.05, 0.1) is 10.4 Å². The summed E-state index contributed by atoms with van der Waals surface area (Å²) in [6.07, 6.45) is 0. The van der Waals surface area contributed by atoms with Gasteiger partial charge in [-0.1, -0.05) is 0 Å². The first-order chi connectivity index (χ1) is 7.50. The van der Waals surface area contributed by atoms with Gasteiger partial charge < -0.3 is 10.1 Å². The zero-order chi connectivity index (χ0) is 11.9. The fourth-order valence-electron chi connectivity index (χ4n) is 1.65. The van der Waals surface area contributed by atoms with Crippen LogP contribution in [0, 0.1) is 17.0 Å². The van der Waals surface area contributed by atoms with Crippen molar-refractivity contribution in [3.8, 4) is 0 Å². The van der Waals surface area contributed by atoms with Gasteiger partial charge in [-0.05, 0) is 18.6 Å². The molecule has 2 N–H and O–H groups in total. The quantitative estimate of drug-likeness (QED) is 0.598. The summed E-state index contributed by atoms with van der Waals surface area (Å²) in [5.74, 6) is -1.07. The third kappa shape index (κ3) is 1.40. The molecule has 1 aromatic carbocycles. The molecular formula is C10H8N2O4. The van der Waals surface area contributed by atoms with Crippen LogP contribution in [-0.2, 0) is 0 Å². The van der Waals surface area contributed by atoms with Gasteiger partial charge in [0, 0.05) is 17.5 Å². The zero-order valence-electron chi connectivity index (χ0n) is 8.35. The third-order valence-corrected chi connectivity index (χ3v) is 2.47. The molecule has 0 saturated heterocycles. The lowest BCUT2D eigenvalue weighted by Crippen LogP contribution is -1.97. The Hall–Kier alpha value is -2.37. The molecule has 0 aliphatic rings. The van der Waals surface area contributed by atoms with Crippen molar-refractivity contribution in [3.63, 3.8) is 0 Å². The van der Waals surface area contributed by atoms with Crippen molar-refractivity contribution in [2.45, 2.75) is 6.92 Å². The van der Waals surface area contributed by atoms with E-state index in [0.29, 0.717) is 16.5 Å². The smallest absolute Gasteiger partial charge is 0.352 e. The SMILES string of the molecule is Cc1c(C(=O)O)[nH]c2cc([N+](=O)[O-])ccc12. The van der Waals surface area contributed by atoms with Gasteiger partial charge in [0.15, 0.2) is 0 Å². The van der Waals surface area contributed by atoms with Crippen molar-refractivity contribution in [1.82, 2.24) is 4.98 Å². The number of carboxylic acids is 1. The predicted octanol–water partition coefficient (Wildman–Crippen LogP) is 2.08. The molecule has 2 rings (SSSR count). The second kappa shape index (κ2) is 3.34. The summed E-state index contributed by atoms with van der Waals surface area (Å²) in [4.78, 5) is 23.5. The lowest BCUT2D eigenvalue weighted by molar-refractivity contribution is -0.384. The third-order valence-electron chi connectivity index (χ3n) is 2.47. The summed E-state index contributed by atoms with van der Waals surface area (Å²) >= 11 is 0. The Labute approximate surface area is 89.7 Å². The monoisotopic (exact) mass is 220 g/mol. The molecule has 0 radical (unpaired) electrons. The minimum atomic E-state index is -1.07. The minimum Gasteiger partial charge on any atom is -0.477 e. The van der Waals surface area contributed by atoms with E-state index in [4.69, 9.17) is 5.11 Å². The van der Waals surface area contributed by atoms with Crippen LogP contribution in [0.1, 0.15) is 16.1 Å². The molecule has 82 valence electrons. The number of aryl methyl sites for hydroxylation is 1. The first-order valence-corrected chi connectivity index (χ1v) is 4.50. The molecule has 0 bridgehead atoms. The number of rotatable bonds is 2. The Kier molecular flexibility index (Phi) is 2.12. The molecule has 0 aliphatic carbocycles. The number of hydrogen-bond acceptors (Lipinski definition) is 3. The van der Waals surface area contributed by atoms with Crippen LogP contribution in [0.25, 0.3) is 10.9 Å². The zero-order valence-corrected chi connectivity index (χ0v) is 8.35. The predicted molar refractivity (Wildman–Crippen MR) is 56.6 cm³/mol. The van der Waals surface area contributed by atoms with Crippen molar-refractivity contribution in [3.05, 3.63) is 39.6 Å². The van der Waals surface area contributed by atoms with Gasteiger partial charge in [0.2, 0.25) is 0 Å². The number of nitro groups is 1. The molecule has 6 nitrogen and oxygen atoms in total. The van der Waals surface area contributed by atoms with Crippen LogP contribution < -0.4 is 0 Å². The highest BCUT2D eigenvalue weighted by Gasteiger charge is 2.15. The topological polar surface area (TPSA) is 96.2 Å². The lowest BCUT2D eigenvalue weighted by atomic mass is 10.1. The normalized spacial score (nSPS) is 10.6. The molecule has 0 saturated carbocycles. The van der Waals surface area contributed by atoms with Gasteiger partial charge in [-0.2, -0.15) is 0 Å². The van der Waals surface area contributed by atoms with Crippen LogP contribution in [-0.4, -0.2) is 21.0 Å². The first kappa shape index (κ1) is 10.2. The molecule has 0 unspecified atom stereocenters. The maximum atomic E-state index is 10.8. The van der Waals surface area contributed by atoms with Crippen LogP contribution in [0.2, 0.25) is 0 Å². The number of carbonyl (C=O) groups is 1. The summed E-state index contributed by atoms with van der Waals surface area (Å²) in [7, 11) is 0. The van der Waals surface area contributed by atoms with E-state index in [1.807, 2.05) is 0 Å². The maximum absolute atomic E-state index is 10.8. The number of fused-ring (bicyclic) bond motifs is 1. The molecule has 1 heterocycles. The summed E-state index contributed by atoms with van der Waals surface area (Å²) in [6, 6.07) is 4.23. The average molecular weight is 220 g/mol. The van der Waals surface area contributed by atoms with E-state index < -0.39 is 10.9 Å². The number of benzene rings is 1. The highest BCUT2D eigenvalue weighted by atomic mass is 16.6. The Morgan fingerprint density at radius 3 is 2.75 bits per heavy atom. The maximum Gasteiger partial charge on any atom is 0.352 e. The highest BCUT2D eigenvalue weighted by Crippen LogP contribution is 2.25. The Balaban J connectivity index is 2.72. The minimum absolute atomic E-state index is 0.0642. The van der Waals surface area contributed by atoms with E-state index in [2.05, 4.69) is 4.98 Å². The summed E-state index contributed by atoms with van der Waals surface area (Å²) in [5.41, 5.74) is 1.04. The van der Waals surface area contributed by atoms with E-state index >= 15 is 0 Å².